The van der Waals surface area contributed by atoms with Crippen molar-refractivity contribution in [3.05, 3.63) is 18.1 Å². The SMILES string of the molecule is CCOCCOc1cnc(CNC(C)(C)C)cn1. The van der Waals surface area contributed by atoms with E-state index in [0.717, 1.165) is 5.69 Å². The third-order valence-corrected chi connectivity index (χ3v) is 2.16. The largest absolute Gasteiger partial charge is 0.474 e. The second kappa shape index (κ2) is 7.28. The van der Waals surface area contributed by atoms with Crippen LogP contribution < -0.4 is 10.1 Å². The average Bonchev–Trinajstić information content (AvgIpc) is 2.33. The van der Waals surface area contributed by atoms with E-state index in [0.29, 0.717) is 32.2 Å². The lowest BCUT2D eigenvalue weighted by Crippen LogP contribution is -2.35. The van der Waals surface area contributed by atoms with Gasteiger partial charge >= 0.3 is 0 Å². The standard InChI is InChI=1S/C13H23N3O2/c1-5-17-6-7-18-12-10-14-11(8-15-12)9-16-13(2,3)4/h8,10,16H,5-7,9H2,1-4H3. The Bertz CT molecular complexity index is 333. The van der Waals surface area contributed by atoms with E-state index in [-0.39, 0.29) is 5.54 Å². The summed E-state index contributed by atoms with van der Waals surface area (Å²) < 4.78 is 10.6. The van der Waals surface area contributed by atoms with Gasteiger partial charge in [0, 0.05) is 18.7 Å². The van der Waals surface area contributed by atoms with Crippen LogP contribution in [0.2, 0.25) is 0 Å². The van der Waals surface area contributed by atoms with Gasteiger partial charge < -0.3 is 14.8 Å². The molecule has 18 heavy (non-hydrogen) atoms. The van der Waals surface area contributed by atoms with E-state index in [2.05, 4.69) is 36.1 Å². The van der Waals surface area contributed by atoms with Crippen LogP contribution in [0.4, 0.5) is 0 Å². The van der Waals surface area contributed by atoms with Gasteiger partial charge in [0.2, 0.25) is 5.88 Å². The molecule has 0 aromatic carbocycles. The predicted octanol–water partition coefficient (Wildman–Crippen LogP) is 1.78. The monoisotopic (exact) mass is 253 g/mol. The first kappa shape index (κ1) is 14.9. The van der Waals surface area contributed by atoms with Gasteiger partial charge in [-0.1, -0.05) is 0 Å². The Morgan fingerprint density at radius 3 is 2.50 bits per heavy atom. The molecule has 1 aromatic rings. The van der Waals surface area contributed by atoms with Crippen LogP contribution in [0.15, 0.2) is 12.4 Å². The quantitative estimate of drug-likeness (QED) is 0.751. The number of rotatable bonds is 7. The van der Waals surface area contributed by atoms with Crippen LogP contribution in [-0.2, 0) is 11.3 Å². The highest BCUT2D eigenvalue weighted by Crippen LogP contribution is 2.05. The van der Waals surface area contributed by atoms with Crippen LogP contribution in [0.3, 0.4) is 0 Å². The fourth-order valence-corrected chi connectivity index (χ4v) is 1.21. The summed E-state index contributed by atoms with van der Waals surface area (Å²) in [5.74, 6) is 0.536. The van der Waals surface area contributed by atoms with Gasteiger partial charge in [0.15, 0.2) is 0 Å². The maximum atomic E-state index is 5.39. The molecule has 5 heteroatoms. The molecule has 0 aliphatic rings. The molecule has 1 heterocycles. The van der Waals surface area contributed by atoms with Crippen LogP contribution in [0.25, 0.3) is 0 Å². The molecule has 5 nitrogen and oxygen atoms in total. The van der Waals surface area contributed by atoms with Crippen molar-refractivity contribution < 1.29 is 9.47 Å². The second-order valence-corrected chi connectivity index (χ2v) is 4.99. The molecule has 0 fully saturated rings. The number of nitrogens with zero attached hydrogens (tertiary/aromatic N) is 2. The normalized spacial score (nSPS) is 11.6. The summed E-state index contributed by atoms with van der Waals surface area (Å²) >= 11 is 0. The molecule has 0 saturated carbocycles. The first-order valence-corrected chi connectivity index (χ1v) is 6.28. The Morgan fingerprint density at radius 2 is 1.94 bits per heavy atom. The van der Waals surface area contributed by atoms with Crippen molar-refractivity contribution in [3.8, 4) is 5.88 Å². The van der Waals surface area contributed by atoms with E-state index in [1.165, 1.54) is 0 Å². The van der Waals surface area contributed by atoms with Gasteiger partial charge in [0.05, 0.1) is 24.7 Å². The number of hydrogen-bond donors (Lipinski definition) is 1. The number of aromatic nitrogens is 2. The van der Waals surface area contributed by atoms with Crippen molar-refractivity contribution in [2.24, 2.45) is 0 Å². The van der Waals surface area contributed by atoms with Crippen molar-refractivity contribution in [1.29, 1.82) is 0 Å². The van der Waals surface area contributed by atoms with Crippen molar-refractivity contribution in [2.45, 2.75) is 39.8 Å². The van der Waals surface area contributed by atoms with E-state index in [9.17, 15) is 0 Å². The Balaban J connectivity index is 2.33. The molecule has 1 rings (SSSR count). The zero-order valence-electron chi connectivity index (χ0n) is 11.7. The van der Waals surface area contributed by atoms with Crippen LogP contribution in [0, 0.1) is 0 Å². The van der Waals surface area contributed by atoms with E-state index in [4.69, 9.17) is 9.47 Å². The Labute approximate surface area is 109 Å². The molecule has 0 aliphatic carbocycles. The van der Waals surface area contributed by atoms with Gasteiger partial charge in [0.1, 0.15) is 6.61 Å². The molecular weight excluding hydrogens is 230 g/mol. The molecule has 0 spiro atoms. The zero-order valence-corrected chi connectivity index (χ0v) is 11.7. The van der Waals surface area contributed by atoms with Gasteiger partial charge in [0.25, 0.3) is 0 Å². The highest BCUT2D eigenvalue weighted by atomic mass is 16.5. The smallest absolute Gasteiger partial charge is 0.232 e. The summed E-state index contributed by atoms with van der Waals surface area (Å²) in [6.45, 7) is 10.8. The Hall–Kier alpha value is -1.20. The Morgan fingerprint density at radius 1 is 1.17 bits per heavy atom. The lowest BCUT2D eigenvalue weighted by Gasteiger charge is -2.19. The van der Waals surface area contributed by atoms with Crippen molar-refractivity contribution in [3.63, 3.8) is 0 Å². The van der Waals surface area contributed by atoms with E-state index >= 15 is 0 Å². The molecule has 0 amide bonds. The minimum Gasteiger partial charge on any atom is -0.474 e. The molecule has 1 aromatic heterocycles. The zero-order chi connectivity index (χ0) is 13.4. The van der Waals surface area contributed by atoms with Gasteiger partial charge in [-0.2, -0.15) is 0 Å². The minimum atomic E-state index is 0.0777. The van der Waals surface area contributed by atoms with Gasteiger partial charge in [-0.25, -0.2) is 4.98 Å². The number of nitrogens with one attached hydrogen (secondary N) is 1. The summed E-state index contributed by atoms with van der Waals surface area (Å²) in [5, 5.41) is 3.35. The lowest BCUT2D eigenvalue weighted by atomic mass is 10.1. The minimum absolute atomic E-state index is 0.0777. The van der Waals surface area contributed by atoms with Crippen LogP contribution in [0.5, 0.6) is 5.88 Å². The third kappa shape index (κ3) is 6.51. The molecule has 102 valence electrons. The second-order valence-electron chi connectivity index (χ2n) is 4.99. The summed E-state index contributed by atoms with van der Waals surface area (Å²) in [6, 6.07) is 0. The summed E-state index contributed by atoms with van der Waals surface area (Å²) in [4.78, 5) is 8.49. The number of hydrogen-bond acceptors (Lipinski definition) is 5. The average molecular weight is 253 g/mol. The van der Waals surface area contributed by atoms with Gasteiger partial charge in [-0.15, -0.1) is 0 Å². The first-order valence-electron chi connectivity index (χ1n) is 6.28. The maximum Gasteiger partial charge on any atom is 0.232 e. The molecular formula is C13H23N3O2. The van der Waals surface area contributed by atoms with E-state index < -0.39 is 0 Å². The molecule has 1 N–H and O–H groups in total. The first-order chi connectivity index (χ1) is 8.51. The highest BCUT2D eigenvalue weighted by molar-refractivity contribution is 5.07. The van der Waals surface area contributed by atoms with Crippen LogP contribution in [0.1, 0.15) is 33.4 Å². The van der Waals surface area contributed by atoms with E-state index in [1.807, 2.05) is 6.92 Å². The topological polar surface area (TPSA) is 56.3 Å². The highest BCUT2D eigenvalue weighted by Gasteiger charge is 2.09. The van der Waals surface area contributed by atoms with Crippen LogP contribution in [-0.4, -0.2) is 35.3 Å². The van der Waals surface area contributed by atoms with Gasteiger partial charge in [-0.05, 0) is 27.7 Å². The molecule has 0 unspecified atom stereocenters. The molecule has 0 radical (unpaired) electrons. The Kier molecular flexibility index (Phi) is 6.01. The summed E-state index contributed by atoms with van der Waals surface area (Å²) in [5.41, 5.74) is 0.982. The predicted molar refractivity (Wildman–Crippen MR) is 70.6 cm³/mol. The summed E-state index contributed by atoms with van der Waals surface area (Å²) in [6.07, 6.45) is 3.38. The van der Waals surface area contributed by atoms with E-state index in [1.54, 1.807) is 12.4 Å². The lowest BCUT2D eigenvalue weighted by molar-refractivity contribution is 0.108. The van der Waals surface area contributed by atoms with Gasteiger partial charge in [-0.3, -0.25) is 4.98 Å². The third-order valence-electron chi connectivity index (χ3n) is 2.16. The summed E-state index contributed by atoms with van der Waals surface area (Å²) in [7, 11) is 0. The van der Waals surface area contributed by atoms with Crippen molar-refractivity contribution in [2.75, 3.05) is 19.8 Å². The molecule has 0 atom stereocenters. The van der Waals surface area contributed by atoms with Crippen LogP contribution >= 0.6 is 0 Å². The van der Waals surface area contributed by atoms with Crippen molar-refractivity contribution in [1.82, 2.24) is 15.3 Å². The molecule has 0 saturated heterocycles. The fraction of sp³-hybridized carbons (Fsp3) is 0.692. The fourth-order valence-electron chi connectivity index (χ4n) is 1.21. The van der Waals surface area contributed by atoms with Crippen molar-refractivity contribution >= 4 is 0 Å². The maximum absolute atomic E-state index is 5.39. The molecule has 0 bridgehead atoms. The number of ether oxygens (including phenoxy) is 2. The molecule has 0 aliphatic heterocycles.